The molecule has 1 aliphatic carbocycles. The number of rotatable bonds is 10. The van der Waals surface area contributed by atoms with Crippen molar-refractivity contribution in [3.8, 4) is 33.4 Å². The number of anilines is 6. The first kappa shape index (κ1) is 44.0. The van der Waals surface area contributed by atoms with Crippen molar-refractivity contribution in [2.24, 2.45) is 0 Å². The fourth-order valence-electron chi connectivity index (χ4n) is 12.3. The van der Waals surface area contributed by atoms with Crippen molar-refractivity contribution >= 4 is 66.4 Å². The Hall–Kier alpha value is -9.76. The molecule has 0 fully saturated rings. The first-order valence-electron chi connectivity index (χ1n) is 25.9. The Kier molecular flexibility index (Phi) is 10.8. The van der Waals surface area contributed by atoms with Crippen molar-refractivity contribution in [1.82, 2.24) is 0 Å². The van der Waals surface area contributed by atoms with E-state index in [1.54, 1.807) is 0 Å². The largest absolute Gasteiger partial charge is 0.310 e. The minimum atomic E-state index is -0.681. The number of hydrogen-bond donors (Lipinski definition) is 0. The lowest BCUT2D eigenvalue weighted by Crippen LogP contribution is -2.29. The van der Waals surface area contributed by atoms with Crippen LogP contribution in [0, 0.1) is 0 Å². The van der Waals surface area contributed by atoms with Crippen molar-refractivity contribution in [3.05, 3.63) is 326 Å². The van der Waals surface area contributed by atoms with Gasteiger partial charge in [0.15, 0.2) is 0 Å². The van der Waals surface area contributed by atoms with E-state index in [9.17, 15) is 0 Å². The quantitative estimate of drug-likeness (QED) is 0.126. The highest BCUT2D eigenvalue weighted by Gasteiger charge is 2.48. The first-order chi connectivity index (χ1) is 37.2. The van der Waals surface area contributed by atoms with Gasteiger partial charge in [-0.15, -0.1) is 0 Å². The van der Waals surface area contributed by atoms with Gasteiger partial charge in [0.1, 0.15) is 0 Å². The second kappa shape index (κ2) is 18.4. The maximum absolute atomic E-state index is 2.52. The molecule has 13 aromatic carbocycles. The molecule has 0 saturated heterocycles. The topological polar surface area (TPSA) is 6.48 Å². The predicted molar refractivity (Wildman–Crippen MR) is 317 cm³/mol. The van der Waals surface area contributed by atoms with Gasteiger partial charge in [0.05, 0.1) is 16.8 Å². The molecule has 0 spiro atoms. The van der Waals surface area contributed by atoms with Crippen LogP contribution in [-0.2, 0) is 5.41 Å². The number of hydrogen-bond acceptors (Lipinski definition) is 2. The molecule has 0 radical (unpaired) electrons. The van der Waals surface area contributed by atoms with Crippen LogP contribution in [0.3, 0.4) is 0 Å². The number of fused-ring (bicyclic) bond motifs is 9. The average molecular weight is 955 g/mol. The van der Waals surface area contributed by atoms with Crippen LogP contribution in [0.1, 0.15) is 22.3 Å². The second-order valence-corrected chi connectivity index (χ2v) is 19.5. The zero-order chi connectivity index (χ0) is 49.7. The van der Waals surface area contributed by atoms with Gasteiger partial charge in [-0.3, -0.25) is 0 Å². The van der Waals surface area contributed by atoms with E-state index in [4.69, 9.17) is 0 Å². The Morgan fingerprint density at radius 3 is 1.24 bits per heavy atom. The Balaban J connectivity index is 1.05. The zero-order valence-corrected chi connectivity index (χ0v) is 41.3. The molecule has 0 N–H and O–H groups in total. The Morgan fingerprint density at radius 1 is 0.253 bits per heavy atom. The van der Waals surface area contributed by atoms with Crippen LogP contribution >= 0.6 is 0 Å². The van der Waals surface area contributed by atoms with E-state index in [1.807, 2.05) is 0 Å². The molecule has 13 aromatic rings. The van der Waals surface area contributed by atoms with Crippen LogP contribution in [0.5, 0.6) is 0 Å². The van der Waals surface area contributed by atoms with E-state index in [0.29, 0.717) is 0 Å². The van der Waals surface area contributed by atoms with Crippen LogP contribution in [0.15, 0.2) is 303 Å². The van der Waals surface area contributed by atoms with Crippen LogP contribution < -0.4 is 9.80 Å². The van der Waals surface area contributed by atoms with Crippen molar-refractivity contribution < 1.29 is 0 Å². The molecule has 0 unspecified atom stereocenters. The lowest BCUT2D eigenvalue weighted by molar-refractivity contribution is 0.777. The van der Waals surface area contributed by atoms with Gasteiger partial charge in [0, 0.05) is 33.9 Å². The highest BCUT2D eigenvalue weighted by Crippen LogP contribution is 2.61. The van der Waals surface area contributed by atoms with Gasteiger partial charge >= 0.3 is 0 Å². The number of benzene rings is 13. The maximum Gasteiger partial charge on any atom is 0.0720 e. The van der Waals surface area contributed by atoms with Crippen molar-refractivity contribution in [2.75, 3.05) is 9.80 Å². The van der Waals surface area contributed by atoms with Gasteiger partial charge in [0.25, 0.3) is 0 Å². The standard InChI is InChI=1S/C73H50N2/c1-7-25-51(26-8-1)61-37-21-23-41-69(61)74(57-33-15-5-16-34-57)59-44-43-53-48-67-68(49-54(53)47-59)73(55-29-11-3-12-30-55,56-31-13-4-14-32-56)72-65-46-45-60(50-66(65)63-39-19-20-40-64(63)71(67)72)75(58-35-17-6-18-36-58)70-42-24-22-38-62(70)52-27-9-2-10-28-52/h1-50H. The van der Waals surface area contributed by atoms with Gasteiger partial charge in [-0.25, -0.2) is 0 Å². The molecule has 0 saturated carbocycles. The van der Waals surface area contributed by atoms with E-state index in [2.05, 4.69) is 313 Å². The molecule has 0 atom stereocenters. The third kappa shape index (κ3) is 7.25. The molecule has 352 valence electrons. The minimum Gasteiger partial charge on any atom is -0.310 e. The van der Waals surface area contributed by atoms with E-state index in [0.717, 1.165) is 34.1 Å². The molecule has 0 amide bonds. The number of nitrogens with zero attached hydrogens (tertiary/aromatic N) is 2. The Labute approximate surface area is 438 Å². The van der Waals surface area contributed by atoms with E-state index in [1.165, 1.54) is 88.0 Å². The summed E-state index contributed by atoms with van der Waals surface area (Å²) in [5.41, 5.74) is 18.3. The zero-order valence-electron chi connectivity index (χ0n) is 41.3. The average Bonchev–Trinajstić information content (AvgIpc) is 3.84. The first-order valence-corrected chi connectivity index (χ1v) is 25.9. The van der Waals surface area contributed by atoms with Crippen LogP contribution in [0.4, 0.5) is 34.1 Å². The summed E-state index contributed by atoms with van der Waals surface area (Å²) in [5.74, 6) is 0. The maximum atomic E-state index is 2.52. The van der Waals surface area contributed by atoms with Crippen LogP contribution in [-0.4, -0.2) is 0 Å². The van der Waals surface area contributed by atoms with Crippen LogP contribution in [0.25, 0.3) is 65.7 Å². The highest BCUT2D eigenvalue weighted by atomic mass is 15.1. The fourth-order valence-corrected chi connectivity index (χ4v) is 12.3. The van der Waals surface area contributed by atoms with E-state index in [-0.39, 0.29) is 0 Å². The summed E-state index contributed by atoms with van der Waals surface area (Å²) >= 11 is 0. The Morgan fingerprint density at radius 2 is 0.693 bits per heavy atom. The number of para-hydroxylation sites is 4. The SMILES string of the molecule is c1ccc(-c2ccccc2N(c2ccccc2)c2ccc3cc4c(cc3c2)C(c2ccccc2)(c2ccccc2)c2c-4c3ccccc3c3cc(N(c4ccccc4)c4ccccc4-c4ccccc4)ccc23)cc1. The molecular weight excluding hydrogens is 905 g/mol. The van der Waals surface area contributed by atoms with Gasteiger partial charge in [-0.05, 0) is 150 Å². The smallest absolute Gasteiger partial charge is 0.0720 e. The molecule has 75 heavy (non-hydrogen) atoms. The summed E-state index contributed by atoms with van der Waals surface area (Å²) in [4.78, 5) is 4.85. The second-order valence-electron chi connectivity index (χ2n) is 19.5. The monoisotopic (exact) mass is 954 g/mol. The van der Waals surface area contributed by atoms with E-state index >= 15 is 0 Å². The highest BCUT2D eigenvalue weighted by molar-refractivity contribution is 6.20. The molecule has 0 aliphatic heterocycles. The van der Waals surface area contributed by atoms with Crippen molar-refractivity contribution in [3.63, 3.8) is 0 Å². The van der Waals surface area contributed by atoms with E-state index < -0.39 is 5.41 Å². The van der Waals surface area contributed by atoms with Gasteiger partial charge in [-0.2, -0.15) is 0 Å². The summed E-state index contributed by atoms with van der Waals surface area (Å²) in [6, 6.07) is 112. The third-order valence-electron chi connectivity index (χ3n) is 15.4. The summed E-state index contributed by atoms with van der Waals surface area (Å²) in [7, 11) is 0. The molecule has 2 heteroatoms. The summed E-state index contributed by atoms with van der Waals surface area (Å²) in [6.45, 7) is 0. The van der Waals surface area contributed by atoms with Gasteiger partial charge in [-0.1, -0.05) is 231 Å². The van der Waals surface area contributed by atoms with Crippen LogP contribution in [0.2, 0.25) is 0 Å². The third-order valence-corrected chi connectivity index (χ3v) is 15.4. The normalized spacial score (nSPS) is 12.4. The Bertz CT molecular complexity index is 4170. The molecule has 2 nitrogen and oxygen atoms in total. The molecular formula is C73H50N2. The van der Waals surface area contributed by atoms with Crippen molar-refractivity contribution in [2.45, 2.75) is 5.41 Å². The summed E-state index contributed by atoms with van der Waals surface area (Å²) < 4.78 is 0. The molecule has 0 heterocycles. The lowest BCUT2D eigenvalue weighted by Gasteiger charge is -2.35. The van der Waals surface area contributed by atoms with Gasteiger partial charge in [0.2, 0.25) is 0 Å². The fraction of sp³-hybridized carbons (Fsp3) is 0.0137. The minimum absolute atomic E-state index is 0.681. The summed E-state index contributed by atoms with van der Waals surface area (Å²) in [6.07, 6.45) is 0. The van der Waals surface area contributed by atoms with Crippen molar-refractivity contribution in [1.29, 1.82) is 0 Å². The molecule has 0 aromatic heterocycles. The molecule has 14 rings (SSSR count). The van der Waals surface area contributed by atoms with Gasteiger partial charge < -0.3 is 9.80 Å². The molecule has 0 bridgehead atoms. The predicted octanol–water partition coefficient (Wildman–Crippen LogP) is 19.8. The summed E-state index contributed by atoms with van der Waals surface area (Å²) in [5, 5.41) is 7.29. The molecule has 1 aliphatic rings. The lowest BCUT2D eigenvalue weighted by atomic mass is 9.66.